The number of carbonyl (C=O) groups excluding carboxylic acids is 2. The summed E-state index contributed by atoms with van der Waals surface area (Å²) < 4.78 is 0. The maximum atomic E-state index is 12.4. The third kappa shape index (κ3) is 3.48. The van der Waals surface area contributed by atoms with Crippen molar-refractivity contribution in [3.63, 3.8) is 0 Å². The van der Waals surface area contributed by atoms with Crippen LogP contribution in [0, 0.1) is 11.8 Å². The Bertz CT molecular complexity index is 564. The van der Waals surface area contributed by atoms with Crippen LogP contribution in [-0.4, -0.2) is 40.8 Å². The lowest BCUT2D eigenvalue weighted by molar-refractivity contribution is -0.143. The van der Waals surface area contributed by atoms with Crippen LogP contribution in [0.1, 0.15) is 41.0 Å². The quantitative estimate of drug-likeness (QED) is 0.864. The van der Waals surface area contributed by atoms with Gasteiger partial charge in [-0.1, -0.05) is 19.1 Å². The maximum absolute atomic E-state index is 12.4. The van der Waals surface area contributed by atoms with Crippen molar-refractivity contribution < 1.29 is 19.5 Å². The highest BCUT2D eigenvalue weighted by molar-refractivity contribution is 5.97. The first kappa shape index (κ1) is 15.2. The Morgan fingerprint density at radius 3 is 2.19 bits per heavy atom. The first-order chi connectivity index (χ1) is 9.88. The minimum atomic E-state index is -0.855. The number of ketones is 1. The summed E-state index contributed by atoms with van der Waals surface area (Å²) in [6.45, 7) is 4.23. The van der Waals surface area contributed by atoms with E-state index in [9.17, 15) is 14.4 Å². The number of likely N-dealkylation sites (tertiary alicyclic amines) is 1. The molecule has 1 N–H and O–H groups in total. The van der Waals surface area contributed by atoms with Gasteiger partial charge in [-0.05, 0) is 31.4 Å². The van der Waals surface area contributed by atoms with Crippen molar-refractivity contribution in [2.24, 2.45) is 11.8 Å². The van der Waals surface area contributed by atoms with Gasteiger partial charge in [0.2, 0.25) is 0 Å². The second-order valence-electron chi connectivity index (χ2n) is 5.72. The molecule has 0 saturated carbocycles. The third-order valence-electron chi connectivity index (χ3n) is 3.83. The molecule has 1 fully saturated rings. The number of benzene rings is 1. The topological polar surface area (TPSA) is 74.7 Å². The molecule has 5 heteroatoms. The fourth-order valence-corrected chi connectivity index (χ4v) is 2.73. The highest BCUT2D eigenvalue weighted by Crippen LogP contribution is 2.23. The zero-order valence-electron chi connectivity index (χ0n) is 12.2. The molecule has 0 bridgehead atoms. The number of carbonyl (C=O) groups is 3. The molecule has 2 atom stereocenters. The molecule has 2 unspecified atom stereocenters. The van der Waals surface area contributed by atoms with Crippen molar-refractivity contribution in [1.82, 2.24) is 4.90 Å². The minimum Gasteiger partial charge on any atom is -0.481 e. The maximum Gasteiger partial charge on any atom is 0.308 e. The van der Waals surface area contributed by atoms with Gasteiger partial charge in [-0.15, -0.1) is 0 Å². The number of hydrogen-bond acceptors (Lipinski definition) is 3. The molecule has 2 rings (SSSR count). The van der Waals surface area contributed by atoms with Crippen molar-refractivity contribution >= 4 is 17.7 Å². The van der Waals surface area contributed by atoms with Crippen LogP contribution >= 0.6 is 0 Å². The molecule has 1 amide bonds. The van der Waals surface area contributed by atoms with E-state index in [-0.39, 0.29) is 24.2 Å². The number of nitrogens with zero attached hydrogens (tertiary/aromatic N) is 1. The molecule has 1 aromatic rings. The predicted molar refractivity (Wildman–Crippen MR) is 77.3 cm³/mol. The Balaban J connectivity index is 2.14. The Hall–Kier alpha value is -2.17. The van der Waals surface area contributed by atoms with Gasteiger partial charge >= 0.3 is 5.97 Å². The summed E-state index contributed by atoms with van der Waals surface area (Å²) in [4.78, 5) is 36.4. The van der Waals surface area contributed by atoms with Gasteiger partial charge in [0.15, 0.2) is 5.78 Å². The zero-order valence-corrected chi connectivity index (χ0v) is 12.2. The van der Waals surface area contributed by atoms with Crippen LogP contribution in [0.2, 0.25) is 0 Å². The molecule has 0 aliphatic carbocycles. The number of aliphatic carboxylic acids is 1. The van der Waals surface area contributed by atoms with Crippen molar-refractivity contribution in [3.8, 4) is 0 Å². The van der Waals surface area contributed by atoms with E-state index < -0.39 is 11.9 Å². The summed E-state index contributed by atoms with van der Waals surface area (Å²) in [5, 5.41) is 9.15. The van der Waals surface area contributed by atoms with E-state index in [4.69, 9.17) is 5.11 Å². The smallest absolute Gasteiger partial charge is 0.308 e. The number of Topliss-reactive ketones (excluding diaryl/α,β-unsaturated/α-hetero) is 1. The average molecular weight is 289 g/mol. The van der Waals surface area contributed by atoms with Gasteiger partial charge in [-0.3, -0.25) is 14.4 Å². The fraction of sp³-hybridized carbons (Fsp3) is 0.438. The van der Waals surface area contributed by atoms with E-state index in [1.165, 1.54) is 6.92 Å². The van der Waals surface area contributed by atoms with Crippen molar-refractivity contribution in [1.29, 1.82) is 0 Å². The van der Waals surface area contributed by atoms with Gasteiger partial charge in [0.05, 0.1) is 5.92 Å². The number of carboxylic acids is 1. The number of hydrogen-bond donors (Lipinski definition) is 1. The van der Waals surface area contributed by atoms with E-state index in [1.54, 1.807) is 29.2 Å². The van der Waals surface area contributed by atoms with Crippen LogP contribution in [0.15, 0.2) is 24.3 Å². The molecule has 5 nitrogen and oxygen atoms in total. The zero-order chi connectivity index (χ0) is 15.6. The second kappa shape index (κ2) is 6.08. The lowest BCUT2D eigenvalue weighted by atomic mass is 9.90. The largest absolute Gasteiger partial charge is 0.481 e. The van der Waals surface area contributed by atoms with E-state index in [1.807, 2.05) is 6.92 Å². The molecule has 1 heterocycles. The molecular formula is C16H19NO4. The van der Waals surface area contributed by atoms with Crippen LogP contribution in [0.5, 0.6) is 0 Å². The van der Waals surface area contributed by atoms with Gasteiger partial charge in [0.25, 0.3) is 5.91 Å². The van der Waals surface area contributed by atoms with Crippen molar-refractivity contribution in [3.05, 3.63) is 35.4 Å². The average Bonchev–Trinajstić information content (AvgIpc) is 2.45. The molecule has 0 spiro atoms. The Morgan fingerprint density at radius 2 is 1.67 bits per heavy atom. The van der Waals surface area contributed by atoms with Crippen LogP contribution in [0.25, 0.3) is 0 Å². The first-order valence-electron chi connectivity index (χ1n) is 7.01. The summed E-state index contributed by atoms with van der Waals surface area (Å²) in [6, 6.07) is 6.48. The summed E-state index contributed by atoms with van der Waals surface area (Å²) in [5.74, 6) is -1.42. The Morgan fingerprint density at radius 1 is 1.10 bits per heavy atom. The van der Waals surface area contributed by atoms with E-state index in [2.05, 4.69) is 0 Å². The molecule has 1 aromatic carbocycles. The number of carboxylic acid groups (broad SMARTS) is 1. The summed E-state index contributed by atoms with van der Waals surface area (Å²) in [7, 11) is 0. The van der Waals surface area contributed by atoms with Gasteiger partial charge in [0, 0.05) is 24.2 Å². The van der Waals surface area contributed by atoms with Gasteiger partial charge in [-0.25, -0.2) is 0 Å². The van der Waals surface area contributed by atoms with Crippen LogP contribution in [0.4, 0.5) is 0 Å². The predicted octanol–water partition coefficient (Wildman–Crippen LogP) is 2.07. The van der Waals surface area contributed by atoms with Crippen LogP contribution in [-0.2, 0) is 4.79 Å². The first-order valence-corrected chi connectivity index (χ1v) is 7.01. The summed E-state index contributed by atoms with van der Waals surface area (Å²) >= 11 is 0. The Labute approximate surface area is 123 Å². The normalized spacial score (nSPS) is 21.9. The van der Waals surface area contributed by atoms with Crippen LogP contribution in [0.3, 0.4) is 0 Å². The molecular weight excluding hydrogens is 270 g/mol. The molecule has 0 aromatic heterocycles. The van der Waals surface area contributed by atoms with Gasteiger partial charge < -0.3 is 10.0 Å². The fourth-order valence-electron chi connectivity index (χ4n) is 2.73. The lowest BCUT2D eigenvalue weighted by Gasteiger charge is -2.34. The standard InChI is InChI=1S/C16H19NO4/c1-10-7-14(16(20)21)9-17(8-10)15(19)13-5-3-12(4-6-13)11(2)18/h3-6,10,14H,7-9H2,1-2H3,(H,20,21). The number of piperidine rings is 1. The Kier molecular flexibility index (Phi) is 4.40. The molecule has 0 radical (unpaired) electrons. The van der Waals surface area contributed by atoms with E-state index >= 15 is 0 Å². The lowest BCUT2D eigenvalue weighted by Crippen LogP contribution is -2.45. The van der Waals surface area contributed by atoms with Crippen LogP contribution < -0.4 is 0 Å². The molecule has 21 heavy (non-hydrogen) atoms. The molecule has 1 aliphatic heterocycles. The SMILES string of the molecule is CC(=O)c1ccc(C(=O)N2CC(C)CC(C(=O)O)C2)cc1. The monoisotopic (exact) mass is 289 g/mol. The third-order valence-corrected chi connectivity index (χ3v) is 3.83. The van der Waals surface area contributed by atoms with E-state index in [0.717, 1.165) is 0 Å². The number of rotatable bonds is 3. The van der Waals surface area contributed by atoms with Gasteiger partial charge in [-0.2, -0.15) is 0 Å². The molecule has 1 aliphatic rings. The minimum absolute atomic E-state index is 0.0495. The highest BCUT2D eigenvalue weighted by Gasteiger charge is 2.32. The summed E-state index contributed by atoms with van der Waals surface area (Å²) in [5.41, 5.74) is 1.04. The highest BCUT2D eigenvalue weighted by atomic mass is 16.4. The van der Waals surface area contributed by atoms with Crippen molar-refractivity contribution in [2.75, 3.05) is 13.1 Å². The second-order valence-corrected chi connectivity index (χ2v) is 5.72. The number of amides is 1. The molecule has 112 valence electrons. The van der Waals surface area contributed by atoms with Gasteiger partial charge in [0.1, 0.15) is 0 Å². The van der Waals surface area contributed by atoms with Crippen molar-refractivity contribution in [2.45, 2.75) is 20.3 Å². The summed E-state index contributed by atoms with van der Waals surface area (Å²) in [6.07, 6.45) is 0.600. The molecule has 1 saturated heterocycles. The van der Waals surface area contributed by atoms with E-state index in [0.29, 0.717) is 24.1 Å².